The fourth-order valence-corrected chi connectivity index (χ4v) is 2.18. The molecular weight excluding hydrogens is 232 g/mol. The standard InChI is InChI=1S/C13H16N2O3/c1-10-9-12(16)15(11-5-3-2-4-6-11)14(10)8-7-13(17)18/h2-6,10H,7-9H2,1H3,(H,17,18). The summed E-state index contributed by atoms with van der Waals surface area (Å²) in [6.45, 7) is 2.28. The van der Waals surface area contributed by atoms with E-state index >= 15 is 0 Å². The molecule has 1 saturated heterocycles. The maximum atomic E-state index is 12.0. The Balaban J connectivity index is 2.19. The van der Waals surface area contributed by atoms with E-state index in [1.54, 1.807) is 5.01 Å². The van der Waals surface area contributed by atoms with Gasteiger partial charge in [-0.3, -0.25) is 9.59 Å². The fraction of sp³-hybridized carbons (Fsp3) is 0.385. The van der Waals surface area contributed by atoms with Crippen molar-refractivity contribution in [2.75, 3.05) is 11.6 Å². The van der Waals surface area contributed by atoms with Crippen molar-refractivity contribution in [3.05, 3.63) is 30.3 Å². The van der Waals surface area contributed by atoms with Crippen LogP contribution in [-0.2, 0) is 9.59 Å². The molecule has 5 heteroatoms. The molecule has 1 fully saturated rings. The minimum atomic E-state index is -0.852. The summed E-state index contributed by atoms with van der Waals surface area (Å²) in [5.41, 5.74) is 0.789. The van der Waals surface area contributed by atoms with Gasteiger partial charge in [-0.25, -0.2) is 10.0 Å². The smallest absolute Gasteiger partial charge is 0.304 e. The van der Waals surface area contributed by atoms with Crippen molar-refractivity contribution in [1.29, 1.82) is 0 Å². The molecule has 1 aliphatic rings. The average Bonchev–Trinajstić information content (AvgIpc) is 2.62. The summed E-state index contributed by atoms with van der Waals surface area (Å²) in [4.78, 5) is 22.6. The number of nitrogens with zero attached hydrogens (tertiary/aromatic N) is 2. The largest absolute Gasteiger partial charge is 0.481 e. The molecule has 0 radical (unpaired) electrons. The first-order valence-corrected chi connectivity index (χ1v) is 5.96. The molecular formula is C13H16N2O3. The lowest BCUT2D eigenvalue weighted by atomic mass is 10.2. The van der Waals surface area contributed by atoms with Crippen LogP contribution in [0.4, 0.5) is 5.69 Å². The Morgan fingerprint density at radius 3 is 2.67 bits per heavy atom. The molecule has 1 heterocycles. The van der Waals surface area contributed by atoms with Crippen LogP contribution in [0.3, 0.4) is 0 Å². The van der Waals surface area contributed by atoms with Crippen molar-refractivity contribution >= 4 is 17.6 Å². The highest BCUT2D eigenvalue weighted by Crippen LogP contribution is 2.26. The molecule has 1 atom stereocenters. The van der Waals surface area contributed by atoms with E-state index in [4.69, 9.17) is 5.11 Å². The predicted octanol–water partition coefficient (Wildman–Crippen LogP) is 1.50. The highest BCUT2D eigenvalue weighted by molar-refractivity contribution is 5.94. The Kier molecular flexibility index (Phi) is 3.62. The van der Waals surface area contributed by atoms with Crippen LogP contribution in [-0.4, -0.2) is 34.6 Å². The van der Waals surface area contributed by atoms with Gasteiger partial charge in [0.2, 0.25) is 5.91 Å². The number of hydrogen-bond acceptors (Lipinski definition) is 3. The third kappa shape index (κ3) is 2.51. The molecule has 0 saturated carbocycles. The number of carbonyl (C=O) groups is 2. The molecule has 1 aromatic rings. The number of hydrazine groups is 1. The van der Waals surface area contributed by atoms with Crippen molar-refractivity contribution in [1.82, 2.24) is 5.01 Å². The van der Waals surface area contributed by atoms with Gasteiger partial charge in [-0.05, 0) is 19.1 Å². The highest BCUT2D eigenvalue weighted by Gasteiger charge is 2.35. The van der Waals surface area contributed by atoms with Crippen molar-refractivity contribution < 1.29 is 14.7 Å². The van der Waals surface area contributed by atoms with Crippen molar-refractivity contribution in [3.8, 4) is 0 Å². The van der Waals surface area contributed by atoms with Crippen LogP contribution >= 0.6 is 0 Å². The number of hydrogen-bond donors (Lipinski definition) is 1. The number of carbonyl (C=O) groups excluding carboxylic acids is 1. The topological polar surface area (TPSA) is 60.9 Å². The molecule has 1 unspecified atom stereocenters. The van der Waals surface area contributed by atoms with Gasteiger partial charge in [0.1, 0.15) is 0 Å². The van der Waals surface area contributed by atoms with Crippen LogP contribution < -0.4 is 5.01 Å². The Hall–Kier alpha value is -1.88. The SMILES string of the molecule is CC1CC(=O)N(c2ccccc2)N1CCC(=O)O. The minimum absolute atomic E-state index is 0.0130. The summed E-state index contributed by atoms with van der Waals surface area (Å²) in [6.07, 6.45) is 0.454. The molecule has 1 aromatic carbocycles. The van der Waals surface area contributed by atoms with E-state index in [2.05, 4.69) is 0 Å². The van der Waals surface area contributed by atoms with E-state index in [1.165, 1.54) is 0 Å². The summed E-state index contributed by atoms with van der Waals surface area (Å²) in [7, 11) is 0. The first-order valence-electron chi connectivity index (χ1n) is 5.96. The van der Waals surface area contributed by atoms with Gasteiger partial charge in [-0.2, -0.15) is 0 Å². The van der Waals surface area contributed by atoms with Crippen LogP contribution in [0.15, 0.2) is 30.3 Å². The lowest BCUT2D eigenvalue weighted by Gasteiger charge is -2.30. The Labute approximate surface area is 106 Å². The second-order valence-corrected chi connectivity index (χ2v) is 4.40. The van der Waals surface area contributed by atoms with E-state index in [-0.39, 0.29) is 18.4 Å². The second-order valence-electron chi connectivity index (χ2n) is 4.40. The number of rotatable bonds is 4. The summed E-state index contributed by atoms with van der Waals surface area (Å²) < 4.78 is 0. The van der Waals surface area contributed by atoms with Gasteiger partial charge in [-0.1, -0.05) is 18.2 Å². The Bertz CT molecular complexity index is 447. The maximum Gasteiger partial charge on any atom is 0.304 e. The van der Waals surface area contributed by atoms with Crippen molar-refractivity contribution in [2.45, 2.75) is 25.8 Å². The number of benzene rings is 1. The molecule has 1 amide bonds. The number of amides is 1. The van der Waals surface area contributed by atoms with Gasteiger partial charge in [0, 0.05) is 19.0 Å². The van der Waals surface area contributed by atoms with E-state index in [1.807, 2.05) is 42.3 Å². The number of anilines is 1. The number of para-hydroxylation sites is 1. The Morgan fingerprint density at radius 2 is 2.06 bits per heavy atom. The summed E-state index contributed by atoms with van der Waals surface area (Å²) in [6, 6.07) is 9.35. The van der Waals surface area contributed by atoms with Gasteiger partial charge < -0.3 is 5.11 Å². The van der Waals surface area contributed by atoms with Crippen LogP contribution in [0.25, 0.3) is 0 Å². The lowest BCUT2D eigenvalue weighted by molar-refractivity contribution is -0.137. The third-order valence-electron chi connectivity index (χ3n) is 3.03. The zero-order valence-corrected chi connectivity index (χ0v) is 10.2. The van der Waals surface area contributed by atoms with Crippen LogP contribution in [0.1, 0.15) is 19.8 Å². The first kappa shape index (κ1) is 12.6. The van der Waals surface area contributed by atoms with E-state index < -0.39 is 5.97 Å². The Morgan fingerprint density at radius 1 is 1.39 bits per heavy atom. The summed E-state index contributed by atoms with van der Waals surface area (Å²) >= 11 is 0. The second kappa shape index (κ2) is 5.18. The van der Waals surface area contributed by atoms with Crippen molar-refractivity contribution in [2.24, 2.45) is 0 Å². The van der Waals surface area contributed by atoms with Crippen LogP contribution in [0.5, 0.6) is 0 Å². The van der Waals surface area contributed by atoms with Crippen LogP contribution in [0, 0.1) is 0 Å². The zero-order valence-electron chi connectivity index (χ0n) is 10.2. The number of aliphatic carboxylic acids is 1. The lowest BCUT2D eigenvalue weighted by Crippen LogP contribution is -2.43. The molecule has 5 nitrogen and oxygen atoms in total. The average molecular weight is 248 g/mol. The van der Waals surface area contributed by atoms with E-state index in [0.29, 0.717) is 13.0 Å². The molecule has 2 rings (SSSR count). The molecule has 0 bridgehead atoms. The molecule has 18 heavy (non-hydrogen) atoms. The van der Waals surface area contributed by atoms with Gasteiger partial charge >= 0.3 is 5.97 Å². The number of carboxylic acids is 1. The molecule has 0 aromatic heterocycles. The fourth-order valence-electron chi connectivity index (χ4n) is 2.18. The maximum absolute atomic E-state index is 12.0. The minimum Gasteiger partial charge on any atom is -0.481 e. The molecule has 1 N–H and O–H groups in total. The summed E-state index contributed by atoms with van der Waals surface area (Å²) in [5.74, 6) is -0.839. The van der Waals surface area contributed by atoms with Crippen LogP contribution in [0.2, 0.25) is 0 Å². The normalized spacial score (nSPS) is 20.4. The summed E-state index contributed by atoms with van der Waals surface area (Å²) in [5, 5.41) is 12.2. The molecule has 1 aliphatic heterocycles. The van der Waals surface area contributed by atoms with E-state index in [9.17, 15) is 9.59 Å². The molecule has 0 aliphatic carbocycles. The van der Waals surface area contributed by atoms with E-state index in [0.717, 1.165) is 5.69 Å². The highest BCUT2D eigenvalue weighted by atomic mass is 16.4. The van der Waals surface area contributed by atoms with Gasteiger partial charge in [-0.15, -0.1) is 0 Å². The number of carboxylic acid groups (broad SMARTS) is 1. The van der Waals surface area contributed by atoms with Crippen molar-refractivity contribution in [3.63, 3.8) is 0 Å². The third-order valence-corrected chi connectivity index (χ3v) is 3.03. The molecule has 96 valence electrons. The predicted molar refractivity (Wildman–Crippen MR) is 67.0 cm³/mol. The van der Waals surface area contributed by atoms with Gasteiger partial charge in [0.05, 0.1) is 12.1 Å². The van der Waals surface area contributed by atoms with Gasteiger partial charge in [0.25, 0.3) is 0 Å². The first-order chi connectivity index (χ1) is 8.59. The monoisotopic (exact) mass is 248 g/mol. The molecule has 0 spiro atoms. The van der Waals surface area contributed by atoms with Gasteiger partial charge in [0.15, 0.2) is 0 Å². The zero-order chi connectivity index (χ0) is 13.1. The quantitative estimate of drug-likeness (QED) is 0.877.